The maximum atomic E-state index is 12.7. The summed E-state index contributed by atoms with van der Waals surface area (Å²) in [5.41, 5.74) is 1.85. The number of nitrogens with zero attached hydrogens (tertiary/aromatic N) is 1. The van der Waals surface area contributed by atoms with Gasteiger partial charge < -0.3 is 4.90 Å². The Balaban J connectivity index is 2.25. The van der Waals surface area contributed by atoms with Crippen molar-refractivity contribution in [2.24, 2.45) is 0 Å². The minimum atomic E-state index is 0.0534. The normalized spacial score (nSPS) is 10.8. The number of amides is 1. The Kier molecular flexibility index (Phi) is 5.41. The van der Waals surface area contributed by atoms with Crippen LogP contribution in [0.15, 0.2) is 44.0 Å². The monoisotopic (exact) mass is 415 g/mol. The van der Waals surface area contributed by atoms with E-state index in [1.165, 1.54) is 11.3 Å². The van der Waals surface area contributed by atoms with Crippen LogP contribution in [0.2, 0.25) is 0 Å². The van der Waals surface area contributed by atoms with E-state index in [1.54, 1.807) is 0 Å². The van der Waals surface area contributed by atoms with E-state index in [0.29, 0.717) is 12.1 Å². The molecule has 2 aromatic rings. The first kappa shape index (κ1) is 15.7. The molecule has 5 heteroatoms. The second kappa shape index (κ2) is 6.87. The molecule has 20 heavy (non-hydrogen) atoms. The number of hydrogen-bond donors (Lipinski definition) is 0. The summed E-state index contributed by atoms with van der Waals surface area (Å²) in [6.45, 7) is 4.70. The fraction of sp³-hybridized carbons (Fsp3) is 0.267. The van der Waals surface area contributed by atoms with Gasteiger partial charge in [0.15, 0.2) is 0 Å². The largest absolute Gasteiger partial charge is 0.332 e. The zero-order valence-electron chi connectivity index (χ0n) is 11.3. The molecule has 2 nitrogen and oxygen atoms in total. The number of carbonyl (C=O) groups excluding carboxylic acids is 1. The molecule has 0 aliphatic heterocycles. The first-order chi connectivity index (χ1) is 9.49. The Morgan fingerprint density at radius 1 is 1.25 bits per heavy atom. The number of halogens is 2. The summed E-state index contributed by atoms with van der Waals surface area (Å²) < 4.78 is 1.82. The lowest BCUT2D eigenvalue weighted by atomic mass is 10.1. The molecular formula is C15H15Br2NOS. The second-order valence-corrected chi connectivity index (χ2v) is 8.50. The van der Waals surface area contributed by atoms with Crippen LogP contribution >= 0.6 is 43.2 Å². The molecule has 0 aliphatic carbocycles. The van der Waals surface area contributed by atoms with E-state index in [9.17, 15) is 4.79 Å². The average molecular weight is 417 g/mol. The molecule has 0 bridgehead atoms. The Morgan fingerprint density at radius 2 is 1.90 bits per heavy atom. The van der Waals surface area contributed by atoms with Crippen LogP contribution in [0.3, 0.4) is 0 Å². The van der Waals surface area contributed by atoms with Gasteiger partial charge in [-0.15, -0.1) is 11.3 Å². The quantitative estimate of drug-likeness (QED) is 0.659. The summed E-state index contributed by atoms with van der Waals surface area (Å²) in [5.74, 6) is 0.0534. The van der Waals surface area contributed by atoms with Crippen LogP contribution in [0.5, 0.6) is 0 Å². The fourth-order valence-electron chi connectivity index (χ4n) is 1.91. The molecule has 1 amide bonds. The fourth-order valence-corrected chi connectivity index (χ4v) is 4.69. The van der Waals surface area contributed by atoms with Gasteiger partial charge in [0, 0.05) is 12.6 Å². The highest BCUT2D eigenvalue weighted by Crippen LogP contribution is 2.33. The van der Waals surface area contributed by atoms with Crippen LogP contribution in [-0.4, -0.2) is 16.8 Å². The van der Waals surface area contributed by atoms with Crippen molar-refractivity contribution in [1.82, 2.24) is 4.90 Å². The van der Waals surface area contributed by atoms with E-state index in [0.717, 1.165) is 13.1 Å². The summed E-state index contributed by atoms with van der Waals surface area (Å²) in [6, 6.07) is 12.1. The smallest absolute Gasteiger partial charge is 0.256 e. The molecule has 0 radical (unpaired) electrons. The predicted octanol–water partition coefficient (Wildman–Crippen LogP) is 5.32. The molecule has 0 aliphatic rings. The molecule has 1 aromatic carbocycles. The summed E-state index contributed by atoms with van der Waals surface area (Å²) in [4.78, 5) is 14.6. The molecule has 1 heterocycles. The highest BCUT2D eigenvalue weighted by atomic mass is 79.9. The van der Waals surface area contributed by atoms with Crippen molar-refractivity contribution in [3.05, 3.63) is 55.1 Å². The van der Waals surface area contributed by atoms with E-state index in [-0.39, 0.29) is 11.9 Å². The van der Waals surface area contributed by atoms with Crippen molar-refractivity contribution >= 4 is 49.1 Å². The van der Waals surface area contributed by atoms with Crippen molar-refractivity contribution in [3.63, 3.8) is 0 Å². The Hall–Kier alpha value is -0.650. The summed E-state index contributed by atoms with van der Waals surface area (Å²) in [6.07, 6.45) is 0. The molecule has 106 valence electrons. The molecule has 0 fully saturated rings. The van der Waals surface area contributed by atoms with Crippen LogP contribution < -0.4 is 0 Å². The van der Waals surface area contributed by atoms with E-state index in [1.807, 2.05) is 55.1 Å². The van der Waals surface area contributed by atoms with Gasteiger partial charge in [0.2, 0.25) is 0 Å². The van der Waals surface area contributed by atoms with Crippen LogP contribution in [0.4, 0.5) is 0 Å². The minimum absolute atomic E-state index is 0.0534. The highest BCUT2D eigenvalue weighted by Gasteiger charge is 2.22. The minimum Gasteiger partial charge on any atom is -0.332 e. The molecule has 0 atom stereocenters. The van der Waals surface area contributed by atoms with Crippen molar-refractivity contribution in [2.45, 2.75) is 26.4 Å². The van der Waals surface area contributed by atoms with Crippen molar-refractivity contribution in [3.8, 4) is 0 Å². The number of hydrogen-bond acceptors (Lipinski definition) is 2. The lowest BCUT2D eigenvalue weighted by molar-refractivity contribution is 0.0690. The van der Waals surface area contributed by atoms with Gasteiger partial charge in [-0.05, 0) is 57.3 Å². The molecule has 0 spiro atoms. The molecular weight excluding hydrogens is 402 g/mol. The Morgan fingerprint density at radius 3 is 2.40 bits per heavy atom. The van der Waals surface area contributed by atoms with Gasteiger partial charge in [-0.1, -0.05) is 30.3 Å². The number of benzene rings is 1. The van der Waals surface area contributed by atoms with Gasteiger partial charge in [-0.25, -0.2) is 0 Å². The molecule has 0 saturated heterocycles. The lowest BCUT2D eigenvalue weighted by Crippen LogP contribution is -2.36. The Bertz CT molecular complexity index is 595. The third-order valence-electron chi connectivity index (χ3n) is 2.97. The van der Waals surface area contributed by atoms with Gasteiger partial charge in [-0.3, -0.25) is 4.79 Å². The highest BCUT2D eigenvalue weighted by molar-refractivity contribution is 9.12. The third-order valence-corrected chi connectivity index (χ3v) is 5.31. The molecule has 2 rings (SSSR count). The van der Waals surface area contributed by atoms with Gasteiger partial charge in [0.25, 0.3) is 5.91 Å². The summed E-state index contributed by atoms with van der Waals surface area (Å²) in [5, 5.41) is 0. The molecule has 1 aromatic heterocycles. The van der Waals surface area contributed by atoms with Crippen LogP contribution in [0.25, 0.3) is 0 Å². The van der Waals surface area contributed by atoms with E-state index in [2.05, 4.69) is 31.9 Å². The first-order valence-electron chi connectivity index (χ1n) is 6.28. The average Bonchev–Trinajstić information content (AvgIpc) is 2.75. The predicted molar refractivity (Wildman–Crippen MR) is 91.2 cm³/mol. The van der Waals surface area contributed by atoms with Crippen LogP contribution in [-0.2, 0) is 6.54 Å². The zero-order valence-corrected chi connectivity index (χ0v) is 15.3. The SMILES string of the molecule is CC(C)N(Cc1ccccc1)C(=O)c1cc(Br)sc1Br. The van der Waals surface area contributed by atoms with Crippen LogP contribution in [0.1, 0.15) is 29.8 Å². The molecule has 0 saturated carbocycles. The Labute approximate surface area is 140 Å². The number of carbonyl (C=O) groups is 1. The first-order valence-corrected chi connectivity index (χ1v) is 8.69. The summed E-state index contributed by atoms with van der Waals surface area (Å²) in [7, 11) is 0. The van der Waals surface area contributed by atoms with Gasteiger partial charge in [-0.2, -0.15) is 0 Å². The second-order valence-electron chi connectivity index (χ2n) is 4.75. The molecule has 0 unspecified atom stereocenters. The van der Waals surface area contributed by atoms with E-state index >= 15 is 0 Å². The number of thiophene rings is 1. The molecule has 0 N–H and O–H groups in total. The van der Waals surface area contributed by atoms with Crippen molar-refractivity contribution in [1.29, 1.82) is 0 Å². The maximum absolute atomic E-state index is 12.7. The zero-order chi connectivity index (χ0) is 14.7. The lowest BCUT2D eigenvalue weighted by Gasteiger charge is -2.26. The standard InChI is InChI=1S/C15H15Br2NOS/c1-10(2)18(9-11-6-4-3-5-7-11)15(19)12-8-13(16)20-14(12)17/h3-8,10H,9H2,1-2H3. The summed E-state index contributed by atoms with van der Waals surface area (Å²) >= 11 is 8.40. The van der Waals surface area contributed by atoms with Crippen LogP contribution in [0, 0.1) is 0 Å². The topological polar surface area (TPSA) is 20.3 Å². The van der Waals surface area contributed by atoms with E-state index in [4.69, 9.17) is 0 Å². The van der Waals surface area contributed by atoms with Gasteiger partial charge >= 0.3 is 0 Å². The van der Waals surface area contributed by atoms with E-state index < -0.39 is 0 Å². The van der Waals surface area contributed by atoms with Gasteiger partial charge in [0.05, 0.1) is 13.1 Å². The third kappa shape index (κ3) is 3.71. The van der Waals surface area contributed by atoms with Gasteiger partial charge in [0.1, 0.15) is 0 Å². The van der Waals surface area contributed by atoms with Crippen molar-refractivity contribution < 1.29 is 4.79 Å². The van der Waals surface area contributed by atoms with Crippen molar-refractivity contribution in [2.75, 3.05) is 0 Å². The number of rotatable bonds is 4. The maximum Gasteiger partial charge on any atom is 0.256 e.